The molecule has 0 aromatic heterocycles. The molecule has 1 aliphatic rings. The third kappa shape index (κ3) is 2.85. The molecule has 0 N–H and O–H groups in total. The Balaban J connectivity index is 0.00000144. The average Bonchev–Trinajstić information content (AvgIpc) is 2.28. The number of nitrogens with zero attached hydrogens (tertiary/aromatic N) is 2. The summed E-state index contributed by atoms with van der Waals surface area (Å²) in [5, 5.41) is 10.8. The van der Waals surface area contributed by atoms with Crippen LogP contribution < -0.4 is 0 Å². The van der Waals surface area contributed by atoms with Gasteiger partial charge in [-0.2, -0.15) is 0 Å². The summed E-state index contributed by atoms with van der Waals surface area (Å²) < 4.78 is 0. The van der Waals surface area contributed by atoms with Gasteiger partial charge in [-0.15, -0.1) is 17.0 Å². The number of hydrogen-bond donors (Lipinski definition) is 0. The van der Waals surface area contributed by atoms with Crippen molar-refractivity contribution >= 4 is 28.7 Å². The molecule has 4 nitrogen and oxygen atoms in total. The van der Waals surface area contributed by atoms with Crippen LogP contribution in [0.5, 0.6) is 0 Å². The molecular formula is C12H15BrN2O2. The predicted molar refractivity (Wildman–Crippen MR) is 73.2 cm³/mol. The summed E-state index contributed by atoms with van der Waals surface area (Å²) in [4.78, 5) is 12.7. The Hall–Kier alpha value is -1.36. The van der Waals surface area contributed by atoms with Gasteiger partial charge in [-0.25, -0.2) is 0 Å². The van der Waals surface area contributed by atoms with E-state index in [9.17, 15) is 10.1 Å². The first-order valence-electron chi connectivity index (χ1n) is 5.41. The molecule has 0 saturated carbocycles. The molecule has 1 aromatic rings. The number of halogens is 1. The maximum Gasteiger partial charge on any atom is 0.276 e. The van der Waals surface area contributed by atoms with Gasteiger partial charge < -0.3 is 4.90 Å². The van der Waals surface area contributed by atoms with Crippen LogP contribution in [-0.2, 0) is 6.54 Å². The van der Waals surface area contributed by atoms with Crippen molar-refractivity contribution in [3.8, 4) is 0 Å². The summed E-state index contributed by atoms with van der Waals surface area (Å²) in [7, 11) is 0. The minimum Gasteiger partial charge on any atom is -0.373 e. The molecule has 0 aliphatic carbocycles. The minimum atomic E-state index is -0.321. The van der Waals surface area contributed by atoms with Crippen molar-refractivity contribution in [3.63, 3.8) is 0 Å². The number of nitro groups is 1. The van der Waals surface area contributed by atoms with E-state index in [4.69, 9.17) is 0 Å². The highest BCUT2D eigenvalue weighted by Crippen LogP contribution is 2.28. The largest absolute Gasteiger partial charge is 0.373 e. The molecule has 17 heavy (non-hydrogen) atoms. The van der Waals surface area contributed by atoms with Gasteiger partial charge in [0.15, 0.2) is 0 Å². The van der Waals surface area contributed by atoms with Gasteiger partial charge >= 0.3 is 0 Å². The van der Waals surface area contributed by atoms with E-state index in [0.29, 0.717) is 0 Å². The number of nitro benzene ring substituents is 1. The standard InChI is InChI=1S/C12H14N2O2.BrH/c1-2-7-13-8-6-11-10(9-13)4-3-5-12(11)14(15)16;/h3-6,8H,2,7,9H2,1H3;1H. The zero-order chi connectivity index (χ0) is 11.5. The molecular weight excluding hydrogens is 284 g/mol. The van der Waals surface area contributed by atoms with E-state index in [2.05, 4.69) is 11.8 Å². The lowest BCUT2D eigenvalue weighted by molar-refractivity contribution is -0.385. The van der Waals surface area contributed by atoms with Crippen molar-refractivity contribution in [1.29, 1.82) is 0 Å². The van der Waals surface area contributed by atoms with Crippen molar-refractivity contribution < 1.29 is 4.92 Å². The van der Waals surface area contributed by atoms with E-state index in [1.165, 1.54) is 0 Å². The molecule has 5 heteroatoms. The summed E-state index contributed by atoms with van der Waals surface area (Å²) >= 11 is 0. The van der Waals surface area contributed by atoms with E-state index >= 15 is 0 Å². The third-order valence-electron chi connectivity index (χ3n) is 2.71. The van der Waals surface area contributed by atoms with Crippen LogP contribution in [0.1, 0.15) is 24.5 Å². The highest BCUT2D eigenvalue weighted by Gasteiger charge is 2.18. The van der Waals surface area contributed by atoms with Gasteiger partial charge in [0, 0.05) is 25.4 Å². The van der Waals surface area contributed by atoms with Crippen molar-refractivity contribution in [2.75, 3.05) is 6.54 Å². The highest BCUT2D eigenvalue weighted by molar-refractivity contribution is 8.93. The van der Waals surface area contributed by atoms with Crippen LogP contribution in [-0.4, -0.2) is 16.4 Å². The SMILES string of the molecule is Br.CCCN1C=Cc2c(cccc2[N+](=O)[O-])C1. The Labute approximate surface area is 111 Å². The molecule has 1 aliphatic heterocycles. The van der Waals surface area contributed by atoms with Crippen LogP contribution in [0.4, 0.5) is 5.69 Å². The number of hydrogen-bond acceptors (Lipinski definition) is 3. The first-order chi connectivity index (χ1) is 7.72. The normalized spacial score (nSPS) is 12.9. The second-order valence-electron chi connectivity index (χ2n) is 3.89. The van der Waals surface area contributed by atoms with Crippen LogP contribution in [0.25, 0.3) is 6.08 Å². The maximum absolute atomic E-state index is 10.8. The Morgan fingerprint density at radius 3 is 2.88 bits per heavy atom. The van der Waals surface area contributed by atoms with Crippen molar-refractivity contribution in [2.45, 2.75) is 19.9 Å². The van der Waals surface area contributed by atoms with Gasteiger partial charge in [-0.1, -0.05) is 19.1 Å². The molecule has 0 fully saturated rings. The van der Waals surface area contributed by atoms with E-state index in [1.807, 2.05) is 18.3 Å². The quantitative estimate of drug-likeness (QED) is 0.635. The van der Waals surface area contributed by atoms with Gasteiger partial charge in [0.2, 0.25) is 0 Å². The summed E-state index contributed by atoms with van der Waals surface area (Å²) in [5.74, 6) is 0. The average molecular weight is 299 g/mol. The second kappa shape index (κ2) is 5.82. The number of fused-ring (bicyclic) bond motifs is 1. The number of rotatable bonds is 3. The molecule has 0 radical (unpaired) electrons. The Bertz CT molecular complexity index is 446. The highest BCUT2D eigenvalue weighted by atomic mass is 79.9. The smallest absolute Gasteiger partial charge is 0.276 e. The number of benzene rings is 1. The first kappa shape index (κ1) is 13.7. The molecule has 0 unspecified atom stereocenters. The topological polar surface area (TPSA) is 46.4 Å². The minimum absolute atomic E-state index is 0. The fraction of sp³-hybridized carbons (Fsp3) is 0.333. The van der Waals surface area contributed by atoms with Crippen molar-refractivity contribution in [3.05, 3.63) is 45.6 Å². The summed E-state index contributed by atoms with van der Waals surface area (Å²) in [6.07, 6.45) is 4.86. The monoisotopic (exact) mass is 298 g/mol. The lowest BCUT2D eigenvalue weighted by Crippen LogP contribution is -2.21. The molecule has 0 amide bonds. The van der Waals surface area contributed by atoms with Gasteiger partial charge in [0.25, 0.3) is 5.69 Å². The summed E-state index contributed by atoms with van der Waals surface area (Å²) in [5.41, 5.74) is 1.98. The van der Waals surface area contributed by atoms with E-state index < -0.39 is 0 Å². The molecule has 0 atom stereocenters. The van der Waals surface area contributed by atoms with Crippen molar-refractivity contribution in [1.82, 2.24) is 4.90 Å². The lowest BCUT2D eigenvalue weighted by atomic mass is 10.0. The van der Waals surface area contributed by atoms with Crippen LogP contribution in [0.2, 0.25) is 0 Å². The molecule has 1 aromatic carbocycles. The summed E-state index contributed by atoms with van der Waals surface area (Å²) in [6, 6.07) is 5.26. The van der Waals surface area contributed by atoms with Crippen LogP contribution in [0.15, 0.2) is 24.4 Å². The Morgan fingerprint density at radius 1 is 1.47 bits per heavy atom. The molecule has 0 spiro atoms. The summed E-state index contributed by atoms with van der Waals surface area (Å²) in [6.45, 7) is 3.87. The van der Waals surface area contributed by atoms with Crippen LogP contribution >= 0.6 is 17.0 Å². The van der Waals surface area contributed by atoms with E-state index in [-0.39, 0.29) is 27.6 Å². The first-order valence-corrected chi connectivity index (χ1v) is 5.41. The third-order valence-corrected chi connectivity index (χ3v) is 2.71. The molecule has 0 bridgehead atoms. The van der Waals surface area contributed by atoms with Gasteiger partial charge in [0.05, 0.1) is 10.5 Å². The fourth-order valence-corrected chi connectivity index (χ4v) is 1.98. The Kier molecular flexibility index (Phi) is 4.69. The van der Waals surface area contributed by atoms with Gasteiger partial charge in [-0.3, -0.25) is 10.1 Å². The second-order valence-corrected chi connectivity index (χ2v) is 3.89. The molecule has 2 rings (SSSR count). The predicted octanol–water partition coefficient (Wildman–Crippen LogP) is 3.37. The molecule has 0 saturated heterocycles. The van der Waals surface area contributed by atoms with Crippen molar-refractivity contribution in [2.24, 2.45) is 0 Å². The maximum atomic E-state index is 10.8. The van der Waals surface area contributed by atoms with Gasteiger partial charge in [0.1, 0.15) is 0 Å². The Morgan fingerprint density at radius 2 is 2.24 bits per heavy atom. The van der Waals surface area contributed by atoms with E-state index in [0.717, 1.165) is 30.6 Å². The zero-order valence-corrected chi connectivity index (χ0v) is 11.3. The zero-order valence-electron chi connectivity index (χ0n) is 9.63. The van der Waals surface area contributed by atoms with Crippen LogP contribution in [0.3, 0.4) is 0 Å². The molecule has 92 valence electrons. The van der Waals surface area contributed by atoms with Gasteiger partial charge in [-0.05, 0) is 18.1 Å². The van der Waals surface area contributed by atoms with E-state index in [1.54, 1.807) is 12.1 Å². The fourth-order valence-electron chi connectivity index (χ4n) is 1.98. The molecule has 1 heterocycles. The lowest BCUT2D eigenvalue weighted by Gasteiger charge is -2.24. The van der Waals surface area contributed by atoms with Crippen LogP contribution in [0, 0.1) is 10.1 Å².